The van der Waals surface area contributed by atoms with Gasteiger partial charge in [0.1, 0.15) is 12.4 Å². The summed E-state index contributed by atoms with van der Waals surface area (Å²) in [6, 6.07) is 7.37. The molecule has 7 heteroatoms. The summed E-state index contributed by atoms with van der Waals surface area (Å²) < 4.78 is 11.0. The van der Waals surface area contributed by atoms with Gasteiger partial charge in [0.15, 0.2) is 5.96 Å². The zero-order valence-corrected chi connectivity index (χ0v) is 12.1. The summed E-state index contributed by atoms with van der Waals surface area (Å²) >= 11 is 0. The van der Waals surface area contributed by atoms with Gasteiger partial charge >= 0.3 is 0 Å². The third kappa shape index (κ3) is 5.64. The fourth-order valence-electron chi connectivity index (χ4n) is 1.88. The summed E-state index contributed by atoms with van der Waals surface area (Å²) in [6.45, 7) is 5.17. The maximum absolute atomic E-state index is 5.68. The molecule has 0 unspecified atom stereocenters. The van der Waals surface area contributed by atoms with Gasteiger partial charge in [0.25, 0.3) is 0 Å². The SMILES string of the molecule is Cl.NC(N)=Nc1ccc(OCCN2CCOCC2)cc1. The molecule has 0 aliphatic carbocycles. The van der Waals surface area contributed by atoms with E-state index in [1.807, 2.05) is 24.3 Å². The summed E-state index contributed by atoms with van der Waals surface area (Å²) in [5, 5.41) is 0. The number of ether oxygens (including phenoxy) is 2. The molecule has 1 aliphatic rings. The molecule has 0 spiro atoms. The lowest BCUT2D eigenvalue weighted by molar-refractivity contribution is 0.0322. The molecular formula is C13H21ClN4O2. The van der Waals surface area contributed by atoms with Crippen LogP contribution in [0.15, 0.2) is 29.3 Å². The molecular weight excluding hydrogens is 280 g/mol. The van der Waals surface area contributed by atoms with Crippen molar-refractivity contribution in [1.82, 2.24) is 4.90 Å². The average Bonchev–Trinajstić information content (AvgIpc) is 2.41. The first kappa shape index (κ1) is 16.6. The molecule has 1 fully saturated rings. The second kappa shape index (κ2) is 8.63. The first-order valence-corrected chi connectivity index (χ1v) is 6.36. The zero-order chi connectivity index (χ0) is 13.5. The van der Waals surface area contributed by atoms with Crippen molar-refractivity contribution in [3.8, 4) is 5.75 Å². The van der Waals surface area contributed by atoms with Gasteiger partial charge in [-0.05, 0) is 24.3 Å². The van der Waals surface area contributed by atoms with E-state index in [-0.39, 0.29) is 18.4 Å². The van der Waals surface area contributed by atoms with Crippen LogP contribution in [0.1, 0.15) is 0 Å². The monoisotopic (exact) mass is 300 g/mol. The Hall–Kier alpha value is -1.50. The van der Waals surface area contributed by atoms with Gasteiger partial charge in [0, 0.05) is 19.6 Å². The Morgan fingerprint density at radius 3 is 2.45 bits per heavy atom. The van der Waals surface area contributed by atoms with Crippen LogP contribution < -0.4 is 16.2 Å². The summed E-state index contributed by atoms with van der Waals surface area (Å²) in [5.74, 6) is 0.879. The number of halogens is 1. The minimum Gasteiger partial charge on any atom is -0.492 e. The molecule has 20 heavy (non-hydrogen) atoms. The van der Waals surface area contributed by atoms with Crippen LogP contribution in [0.2, 0.25) is 0 Å². The van der Waals surface area contributed by atoms with Gasteiger partial charge in [-0.25, -0.2) is 4.99 Å². The van der Waals surface area contributed by atoms with Crippen molar-refractivity contribution in [3.05, 3.63) is 24.3 Å². The minimum absolute atomic E-state index is 0. The molecule has 0 saturated carbocycles. The Bertz CT molecular complexity index is 415. The molecule has 0 amide bonds. The number of aliphatic imine (C=N–C) groups is 1. The van der Waals surface area contributed by atoms with Crippen LogP contribution in [-0.4, -0.2) is 50.3 Å². The lowest BCUT2D eigenvalue weighted by Gasteiger charge is -2.26. The van der Waals surface area contributed by atoms with Crippen molar-refractivity contribution < 1.29 is 9.47 Å². The molecule has 1 aromatic carbocycles. The Morgan fingerprint density at radius 2 is 1.85 bits per heavy atom. The van der Waals surface area contributed by atoms with Crippen LogP contribution in [0, 0.1) is 0 Å². The van der Waals surface area contributed by atoms with Crippen LogP contribution in [-0.2, 0) is 4.74 Å². The van der Waals surface area contributed by atoms with Crippen molar-refractivity contribution in [1.29, 1.82) is 0 Å². The van der Waals surface area contributed by atoms with E-state index in [9.17, 15) is 0 Å². The molecule has 6 nitrogen and oxygen atoms in total. The van der Waals surface area contributed by atoms with Crippen molar-refractivity contribution in [3.63, 3.8) is 0 Å². The van der Waals surface area contributed by atoms with E-state index in [0.29, 0.717) is 6.61 Å². The number of benzene rings is 1. The number of nitrogens with two attached hydrogens (primary N) is 2. The summed E-state index contributed by atoms with van der Waals surface area (Å²) in [5.41, 5.74) is 11.3. The fraction of sp³-hybridized carbons (Fsp3) is 0.462. The maximum atomic E-state index is 5.68. The smallest absolute Gasteiger partial charge is 0.191 e. The zero-order valence-electron chi connectivity index (χ0n) is 11.3. The van der Waals surface area contributed by atoms with E-state index >= 15 is 0 Å². The first-order chi connectivity index (χ1) is 9.24. The van der Waals surface area contributed by atoms with Crippen molar-refractivity contribution in [2.45, 2.75) is 0 Å². The number of rotatable bonds is 5. The van der Waals surface area contributed by atoms with Crippen molar-refractivity contribution in [2.24, 2.45) is 16.5 Å². The average molecular weight is 301 g/mol. The highest BCUT2D eigenvalue weighted by Crippen LogP contribution is 2.17. The molecule has 1 saturated heterocycles. The normalized spacial score (nSPS) is 15.2. The van der Waals surface area contributed by atoms with Gasteiger partial charge < -0.3 is 20.9 Å². The largest absolute Gasteiger partial charge is 0.492 e. The number of morpholine rings is 1. The molecule has 112 valence electrons. The minimum atomic E-state index is 0. The molecule has 0 radical (unpaired) electrons. The third-order valence-electron chi connectivity index (χ3n) is 2.87. The molecule has 1 aromatic rings. The Labute approximate surface area is 125 Å². The van der Waals surface area contributed by atoms with Crippen LogP contribution in [0.4, 0.5) is 5.69 Å². The topological polar surface area (TPSA) is 86.1 Å². The van der Waals surface area contributed by atoms with Gasteiger partial charge in [-0.3, -0.25) is 4.90 Å². The van der Waals surface area contributed by atoms with Gasteiger partial charge in [-0.1, -0.05) is 0 Å². The Kier molecular flexibility index (Phi) is 7.14. The molecule has 1 heterocycles. The molecule has 0 aromatic heterocycles. The molecule has 0 atom stereocenters. The van der Waals surface area contributed by atoms with E-state index in [2.05, 4.69) is 9.89 Å². The second-order valence-electron chi connectivity index (χ2n) is 4.33. The van der Waals surface area contributed by atoms with Gasteiger partial charge in [0.05, 0.1) is 18.9 Å². The number of hydrogen-bond acceptors (Lipinski definition) is 4. The molecule has 1 aliphatic heterocycles. The van der Waals surface area contributed by atoms with E-state index in [1.54, 1.807) is 0 Å². The van der Waals surface area contributed by atoms with Gasteiger partial charge in [-0.2, -0.15) is 0 Å². The maximum Gasteiger partial charge on any atom is 0.191 e. The molecule has 4 N–H and O–H groups in total. The highest BCUT2D eigenvalue weighted by atomic mass is 35.5. The van der Waals surface area contributed by atoms with Gasteiger partial charge in [0.2, 0.25) is 0 Å². The van der Waals surface area contributed by atoms with Crippen LogP contribution in [0.5, 0.6) is 5.75 Å². The summed E-state index contributed by atoms with van der Waals surface area (Å²) in [6.07, 6.45) is 0. The van der Waals surface area contributed by atoms with Crippen LogP contribution >= 0.6 is 12.4 Å². The van der Waals surface area contributed by atoms with E-state index in [0.717, 1.165) is 44.3 Å². The Balaban J connectivity index is 0.00000200. The lowest BCUT2D eigenvalue weighted by Crippen LogP contribution is -2.38. The molecule has 0 bridgehead atoms. The molecule has 2 rings (SSSR count). The van der Waals surface area contributed by atoms with Gasteiger partial charge in [-0.15, -0.1) is 12.4 Å². The predicted molar refractivity (Wildman–Crippen MR) is 81.9 cm³/mol. The fourth-order valence-corrected chi connectivity index (χ4v) is 1.88. The standard InChI is InChI=1S/C13H20N4O2.ClH/c14-13(15)16-11-1-3-12(4-2-11)19-10-7-17-5-8-18-9-6-17;/h1-4H,5-10H2,(H4,14,15,16);1H. The van der Waals surface area contributed by atoms with Crippen LogP contribution in [0.25, 0.3) is 0 Å². The summed E-state index contributed by atoms with van der Waals surface area (Å²) in [7, 11) is 0. The number of hydrogen-bond donors (Lipinski definition) is 2. The van der Waals surface area contributed by atoms with E-state index in [1.165, 1.54) is 0 Å². The first-order valence-electron chi connectivity index (χ1n) is 6.36. The van der Waals surface area contributed by atoms with E-state index < -0.39 is 0 Å². The van der Waals surface area contributed by atoms with E-state index in [4.69, 9.17) is 20.9 Å². The Morgan fingerprint density at radius 1 is 1.20 bits per heavy atom. The number of guanidine groups is 1. The third-order valence-corrected chi connectivity index (χ3v) is 2.87. The lowest BCUT2D eigenvalue weighted by atomic mass is 10.3. The quantitative estimate of drug-likeness (QED) is 0.618. The predicted octanol–water partition coefficient (Wildman–Crippen LogP) is 0.724. The number of nitrogens with zero attached hydrogens (tertiary/aromatic N) is 2. The highest BCUT2D eigenvalue weighted by Gasteiger charge is 2.09. The van der Waals surface area contributed by atoms with Crippen molar-refractivity contribution >= 4 is 24.1 Å². The summed E-state index contributed by atoms with van der Waals surface area (Å²) in [4.78, 5) is 6.28. The second-order valence-corrected chi connectivity index (χ2v) is 4.33. The van der Waals surface area contributed by atoms with Crippen molar-refractivity contribution in [2.75, 3.05) is 39.5 Å². The highest BCUT2D eigenvalue weighted by molar-refractivity contribution is 5.85. The van der Waals surface area contributed by atoms with Crippen LogP contribution in [0.3, 0.4) is 0 Å².